The number of rotatable bonds is 2. The highest BCUT2D eigenvalue weighted by Crippen LogP contribution is 2.32. The molecule has 0 aliphatic carbocycles. The molecule has 1 saturated heterocycles. The largest absolute Gasteiger partial charge is 0.253 e. The van der Waals surface area contributed by atoms with Gasteiger partial charge in [-0.25, -0.2) is 0 Å². The Kier molecular flexibility index (Phi) is 2.68. The molecule has 1 aliphatic heterocycles. The fourth-order valence-electron chi connectivity index (χ4n) is 1.87. The third-order valence-electron chi connectivity index (χ3n) is 2.58. The van der Waals surface area contributed by atoms with Crippen LogP contribution in [0, 0.1) is 4.91 Å². The third-order valence-corrected chi connectivity index (χ3v) is 2.84. The summed E-state index contributed by atoms with van der Waals surface area (Å²) in [4.78, 5) is 10.5. The molecule has 1 aromatic carbocycles. The molecule has 4 heteroatoms. The molecule has 0 N–H and O–H groups in total. The van der Waals surface area contributed by atoms with E-state index in [1.54, 1.807) is 5.01 Å². The van der Waals surface area contributed by atoms with Crippen molar-refractivity contribution < 1.29 is 0 Å². The molecule has 14 heavy (non-hydrogen) atoms. The third kappa shape index (κ3) is 1.73. The zero-order valence-corrected chi connectivity index (χ0v) is 8.44. The predicted octanol–water partition coefficient (Wildman–Crippen LogP) is 3.16. The molecule has 2 rings (SSSR count). The van der Waals surface area contributed by atoms with Crippen molar-refractivity contribution in [2.24, 2.45) is 5.29 Å². The minimum absolute atomic E-state index is 0.143. The Morgan fingerprint density at radius 2 is 2.07 bits per heavy atom. The zero-order chi connectivity index (χ0) is 9.97. The first-order valence-electron chi connectivity index (χ1n) is 4.66. The van der Waals surface area contributed by atoms with Crippen LogP contribution in [0.25, 0.3) is 0 Å². The molecule has 0 radical (unpaired) electrons. The van der Waals surface area contributed by atoms with Gasteiger partial charge in [0.05, 0.1) is 11.3 Å². The van der Waals surface area contributed by atoms with Gasteiger partial charge in [0.15, 0.2) is 0 Å². The maximum atomic E-state index is 10.5. The first kappa shape index (κ1) is 9.46. The van der Waals surface area contributed by atoms with Crippen LogP contribution in [0.2, 0.25) is 5.02 Å². The molecule has 1 fully saturated rings. The molecular weight excluding hydrogens is 200 g/mol. The Labute approximate surface area is 87.6 Å². The highest BCUT2D eigenvalue weighted by atomic mass is 35.5. The lowest BCUT2D eigenvalue weighted by Crippen LogP contribution is -2.15. The quantitative estimate of drug-likeness (QED) is 0.703. The van der Waals surface area contributed by atoms with Crippen molar-refractivity contribution in [3.8, 4) is 0 Å². The summed E-state index contributed by atoms with van der Waals surface area (Å²) in [7, 11) is 0. The Morgan fingerprint density at radius 3 is 2.71 bits per heavy atom. The summed E-state index contributed by atoms with van der Waals surface area (Å²) >= 11 is 5.79. The summed E-state index contributed by atoms with van der Waals surface area (Å²) in [5, 5.41) is 5.34. The van der Waals surface area contributed by atoms with Crippen LogP contribution < -0.4 is 0 Å². The smallest absolute Gasteiger partial charge is 0.0752 e. The molecule has 3 nitrogen and oxygen atoms in total. The van der Waals surface area contributed by atoms with E-state index in [4.69, 9.17) is 11.6 Å². The van der Waals surface area contributed by atoms with Crippen molar-refractivity contribution in [2.75, 3.05) is 6.54 Å². The normalized spacial score (nSPS) is 21.2. The van der Waals surface area contributed by atoms with Crippen molar-refractivity contribution in [1.82, 2.24) is 5.01 Å². The molecule has 1 unspecified atom stereocenters. The van der Waals surface area contributed by atoms with Crippen molar-refractivity contribution in [3.05, 3.63) is 39.8 Å². The van der Waals surface area contributed by atoms with Gasteiger partial charge in [-0.3, -0.25) is 5.01 Å². The van der Waals surface area contributed by atoms with Gasteiger partial charge in [-0.15, -0.1) is 4.91 Å². The fourth-order valence-corrected chi connectivity index (χ4v) is 2.00. The van der Waals surface area contributed by atoms with Gasteiger partial charge in [-0.05, 0) is 30.5 Å². The molecule has 1 atom stereocenters. The van der Waals surface area contributed by atoms with E-state index in [-0.39, 0.29) is 6.04 Å². The molecule has 1 aromatic rings. The summed E-state index contributed by atoms with van der Waals surface area (Å²) in [6.45, 7) is 0.761. The van der Waals surface area contributed by atoms with Crippen molar-refractivity contribution >= 4 is 11.6 Å². The van der Waals surface area contributed by atoms with Crippen LogP contribution in [-0.4, -0.2) is 11.6 Å². The molecule has 0 spiro atoms. The SMILES string of the molecule is O=NN1CCCC1c1ccc(Cl)cc1. The summed E-state index contributed by atoms with van der Waals surface area (Å²) in [5.74, 6) is 0. The second-order valence-electron chi connectivity index (χ2n) is 3.45. The first-order chi connectivity index (χ1) is 6.81. The van der Waals surface area contributed by atoms with Crippen LogP contribution in [0.5, 0.6) is 0 Å². The van der Waals surface area contributed by atoms with Gasteiger partial charge in [-0.1, -0.05) is 23.7 Å². The topological polar surface area (TPSA) is 32.7 Å². The summed E-state index contributed by atoms with van der Waals surface area (Å²) in [6, 6.07) is 7.74. The molecule has 0 saturated carbocycles. The van der Waals surface area contributed by atoms with Crippen LogP contribution in [-0.2, 0) is 0 Å². The van der Waals surface area contributed by atoms with Gasteiger partial charge in [0.2, 0.25) is 0 Å². The minimum Gasteiger partial charge on any atom is -0.253 e. The average molecular weight is 211 g/mol. The maximum Gasteiger partial charge on any atom is 0.0752 e. The molecule has 0 aromatic heterocycles. The second kappa shape index (κ2) is 3.96. The highest BCUT2D eigenvalue weighted by molar-refractivity contribution is 6.30. The molecular formula is C10H11ClN2O. The number of halogens is 1. The average Bonchev–Trinajstić information content (AvgIpc) is 2.67. The summed E-state index contributed by atoms with van der Waals surface area (Å²) in [6.07, 6.45) is 2.02. The van der Waals surface area contributed by atoms with Crippen LogP contribution in [0.4, 0.5) is 0 Å². The Bertz CT molecular complexity index is 325. The monoisotopic (exact) mass is 210 g/mol. The van der Waals surface area contributed by atoms with Gasteiger partial charge >= 0.3 is 0 Å². The van der Waals surface area contributed by atoms with E-state index >= 15 is 0 Å². The van der Waals surface area contributed by atoms with Gasteiger partial charge in [0.25, 0.3) is 0 Å². The maximum absolute atomic E-state index is 10.5. The lowest BCUT2D eigenvalue weighted by molar-refractivity contribution is 0.267. The van der Waals surface area contributed by atoms with Crippen LogP contribution in [0.3, 0.4) is 0 Å². The molecule has 74 valence electrons. The number of nitrogens with zero attached hydrogens (tertiary/aromatic N) is 2. The van der Waals surface area contributed by atoms with Crippen LogP contribution >= 0.6 is 11.6 Å². The minimum atomic E-state index is 0.143. The van der Waals surface area contributed by atoms with E-state index in [2.05, 4.69) is 5.29 Å². The molecule has 1 aliphatic rings. The summed E-state index contributed by atoms with van der Waals surface area (Å²) in [5.41, 5.74) is 1.12. The highest BCUT2D eigenvalue weighted by Gasteiger charge is 2.25. The molecule has 0 bridgehead atoms. The van der Waals surface area contributed by atoms with E-state index in [1.807, 2.05) is 24.3 Å². The Balaban J connectivity index is 2.21. The molecule has 1 heterocycles. The molecule has 0 amide bonds. The van der Waals surface area contributed by atoms with E-state index in [9.17, 15) is 4.91 Å². The van der Waals surface area contributed by atoms with E-state index in [0.29, 0.717) is 0 Å². The van der Waals surface area contributed by atoms with Gasteiger partial charge < -0.3 is 0 Å². The Hall–Kier alpha value is -1.09. The number of nitroso groups, excluding NO2 is 1. The Morgan fingerprint density at radius 1 is 1.36 bits per heavy atom. The van der Waals surface area contributed by atoms with Crippen molar-refractivity contribution in [2.45, 2.75) is 18.9 Å². The van der Waals surface area contributed by atoms with Gasteiger partial charge in [-0.2, -0.15) is 0 Å². The fraction of sp³-hybridized carbons (Fsp3) is 0.400. The van der Waals surface area contributed by atoms with Gasteiger partial charge in [0.1, 0.15) is 0 Å². The van der Waals surface area contributed by atoms with E-state index < -0.39 is 0 Å². The number of hydrogen-bond acceptors (Lipinski definition) is 2. The van der Waals surface area contributed by atoms with Gasteiger partial charge in [0, 0.05) is 11.6 Å². The standard InChI is InChI=1S/C10H11ClN2O/c11-9-5-3-8(4-6-9)10-2-1-7-13(10)12-14/h3-6,10H,1-2,7H2. The number of benzene rings is 1. The first-order valence-corrected chi connectivity index (χ1v) is 5.04. The van der Waals surface area contributed by atoms with Crippen molar-refractivity contribution in [1.29, 1.82) is 0 Å². The lowest BCUT2D eigenvalue weighted by Gasteiger charge is -2.17. The predicted molar refractivity (Wildman–Crippen MR) is 55.9 cm³/mol. The number of hydrogen-bond donors (Lipinski definition) is 0. The summed E-state index contributed by atoms with van der Waals surface area (Å²) < 4.78 is 0. The second-order valence-corrected chi connectivity index (χ2v) is 3.89. The van der Waals surface area contributed by atoms with Crippen LogP contribution in [0.1, 0.15) is 24.4 Å². The van der Waals surface area contributed by atoms with E-state index in [0.717, 1.165) is 30.0 Å². The van der Waals surface area contributed by atoms with Crippen LogP contribution in [0.15, 0.2) is 29.6 Å². The lowest BCUT2D eigenvalue weighted by atomic mass is 10.1. The zero-order valence-electron chi connectivity index (χ0n) is 7.69. The van der Waals surface area contributed by atoms with Crippen molar-refractivity contribution in [3.63, 3.8) is 0 Å². The van der Waals surface area contributed by atoms with E-state index in [1.165, 1.54) is 0 Å².